The van der Waals surface area contributed by atoms with Gasteiger partial charge in [-0.2, -0.15) is 0 Å². The Bertz CT molecular complexity index is 404. The summed E-state index contributed by atoms with van der Waals surface area (Å²) in [5, 5.41) is 0. The van der Waals surface area contributed by atoms with Crippen LogP contribution in [0.1, 0.15) is 12.0 Å². The number of hydrogen-bond acceptors (Lipinski definition) is 3. The van der Waals surface area contributed by atoms with Gasteiger partial charge in [-0.25, -0.2) is 0 Å². The molecule has 0 bridgehead atoms. The maximum atomic E-state index is 11.5. The molecule has 4 nitrogen and oxygen atoms in total. The Hall–Kier alpha value is -1.55. The molecule has 0 atom stereocenters. The number of anilines is 1. The smallest absolute Gasteiger partial charge is 0.231 e. The van der Waals surface area contributed by atoms with Crippen molar-refractivity contribution in [2.45, 2.75) is 12.8 Å². The van der Waals surface area contributed by atoms with Crippen molar-refractivity contribution in [3.63, 3.8) is 0 Å². The predicted octanol–water partition coefficient (Wildman–Crippen LogP) is 0.933. The van der Waals surface area contributed by atoms with E-state index in [9.17, 15) is 4.79 Å². The molecule has 86 valence electrons. The molecule has 1 aliphatic rings. The van der Waals surface area contributed by atoms with Crippen LogP contribution in [0.15, 0.2) is 18.2 Å². The van der Waals surface area contributed by atoms with Crippen molar-refractivity contribution >= 4 is 11.6 Å². The zero-order valence-electron chi connectivity index (χ0n) is 9.40. The number of rotatable bonds is 4. The second-order valence-corrected chi connectivity index (χ2v) is 3.91. The van der Waals surface area contributed by atoms with Crippen LogP contribution in [0.2, 0.25) is 0 Å². The Balaban J connectivity index is 2.09. The van der Waals surface area contributed by atoms with Crippen LogP contribution in [0, 0.1) is 0 Å². The van der Waals surface area contributed by atoms with Gasteiger partial charge in [0.25, 0.3) is 0 Å². The number of amides is 1. The summed E-state index contributed by atoms with van der Waals surface area (Å²) < 4.78 is 5.53. The van der Waals surface area contributed by atoms with Crippen LogP contribution >= 0.6 is 0 Å². The Morgan fingerprint density at radius 2 is 2.31 bits per heavy atom. The third-order valence-corrected chi connectivity index (χ3v) is 2.75. The highest BCUT2D eigenvalue weighted by atomic mass is 16.5. The van der Waals surface area contributed by atoms with Crippen LogP contribution in [-0.4, -0.2) is 26.1 Å². The zero-order valence-corrected chi connectivity index (χ0v) is 9.40. The molecule has 0 saturated carbocycles. The first-order valence-electron chi connectivity index (χ1n) is 5.44. The van der Waals surface area contributed by atoms with E-state index >= 15 is 0 Å². The number of nitrogens with zero attached hydrogens (tertiary/aromatic N) is 1. The number of ether oxygens (including phenoxy) is 1. The molecular weight excluding hydrogens is 204 g/mol. The second kappa shape index (κ2) is 4.53. The summed E-state index contributed by atoms with van der Waals surface area (Å²) in [5.41, 5.74) is 7.41. The summed E-state index contributed by atoms with van der Waals surface area (Å²) in [6.45, 7) is 1.26. The topological polar surface area (TPSA) is 55.6 Å². The van der Waals surface area contributed by atoms with Crippen molar-refractivity contribution in [1.82, 2.24) is 0 Å². The molecule has 0 saturated heterocycles. The van der Waals surface area contributed by atoms with Crippen LogP contribution in [-0.2, 0) is 11.2 Å². The SMILES string of the molecule is CN1C(=O)Cc2cc(OCCCN)ccc21. The van der Waals surface area contributed by atoms with Crippen LogP contribution in [0.3, 0.4) is 0 Å². The molecule has 0 spiro atoms. The first-order chi connectivity index (χ1) is 7.72. The van der Waals surface area contributed by atoms with Crippen molar-refractivity contribution in [2.75, 3.05) is 25.1 Å². The summed E-state index contributed by atoms with van der Waals surface area (Å²) in [4.78, 5) is 13.2. The van der Waals surface area contributed by atoms with Gasteiger partial charge in [0.15, 0.2) is 0 Å². The lowest BCUT2D eigenvalue weighted by Gasteiger charge is -2.11. The lowest BCUT2D eigenvalue weighted by atomic mass is 10.1. The van der Waals surface area contributed by atoms with Crippen molar-refractivity contribution in [3.8, 4) is 5.75 Å². The van der Waals surface area contributed by atoms with E-state index in [1.165, 1.54) is 0 Å². The maximum Gasteiger partial charge on any atom is 0.231 e. The summed E-state index contributed by atoms with van der Waals surface area (Å²) in [6.07, 6.45) is 1.32. The van der Waals surface area contributed by atoms with Gasteiger partial charge in [-0.1, -0.05) is 0 Å². The van der Waals surface area contributed by atoms with Gasteiger partial charge in [-0.15, -0.1) is 0 Å². The molecule has 1 aromatic rings. The normalized spacial score (nSPS) is 14.1. The highest BCUT2D eigenvalue weighted by molar-refractivity contribution is 6.01. The van der Waals surface area contributed by atoms with E-state index in [0.717, 1.165) is 23.4 Å². The summed E-state index contributed by atoms with van der Waals surface area (Å²) >= 11 is 0. The first-order valence-corrected chi connectivity index (χ1v) is 5.44. The molecule has 0 radical (unpaired) electrons. The summed E-state index contributed by atoms with van der Waals surface area (Å²) in [6, 6.07) is 5.76. The molecule has 0 aliphatic carbocycles. The largest absolute Gasteiger partial charge is 0.494 e. The number of likely N-dealkylation sites (N-methyl/N-ethyl adjacent to an activating group) is 1. The zero-order chi connectivity index (χ0) is 11.5. The Kier molecular flexibility index (Phi) is 3.10. The molecule has 1 heterocycles. The van der Waals surface area contributed by atoms with Crippen LogP contribution < -0.4 is 15.4 Å². The fourth-order valence-electron chi connectivity index (χ4n) is 1.81. The van der Waals surface area contributed by atoms with E-state index in [0.29, 0.717) is 19.6 Å². The van der Waals surface area contributed by atoms with Gasteiger partial charge in [0.05, 0.1) is 13.0 Å². The number of carbonyl (C=O) groups is 1. The van der Waals surface area contributed by atoms with Crippen LogP contribution in [0.5, 0.6) is 5.75 Å². The van der Waals surface area contributed by atoms with Gasteiger partial charge in [-0.05, 0) is 36.7 Å². The van der Waals surface area contributed by atoms with E-state index in [1.54, 1.807) is 11.9 Å². The number of hydrogen-bond donors (Lipinski definition) is 1. The van der Waals surface area contributed by atoms with Gasteiger partial charge in [0.2, 0.25) is 5.91 Å². The monoisotopic (exact) mass is 220 g/mol. The van der Waals surface area contributed by atoms with Gasteiger partial charge in [-0.3, -0.25) is 4.79 Å². The molecule has 1 amide bonds. The Morgan fingerprint density at radius 3 is 3.06 bits per heavy atom. The summed E-state index contributed by atoms with van der Waals surface area (Å²) in [5.74, 6) is 0.949. The maximum absolute atomic E-state index is 11.5. The predicted molar refractivity (Wildman–Crippen MR) is 62.7 cm³/mol. The van der Waals surface area contributed by atoms with E-state index < -0.39 is 0 Å². The molecule has 1 aromatic carbocycles. The third kappa shape index (κ3) is 2.02. The fourth-order valence-corrected chi connectivity index (χ4v) is 1.81. The minimum absolute atomic E-state index is 0.133. The molecule has 0 unspecified atom stereocenters. The molecule has 2 N–H and O–H groups in total. The van der Waals surface area contributed by atoms with Gasteiger partial charge < -0.3 is 15.4 Å². The summed E-state index contributed by atoms with van der Waals surface area (Å²) in [7, 11) is 1.79. The van der Waals surface area contributed by atoms with Crippen molar-refractivity contribution in [1.29, 1.82) is 0 Å². The molecule has 0 fully saturated rings. The minimum Gasteiger partial charge on any atom is -0.494 e. The lowest BCUT2D eigenvalue weighted by Crippen LogP contribution is -2.20. The van der Waals surface area contributed by atoms with E-state index in [1.807, 2.05) is 18.2 Å². The average molecular weight is 220 g/mol. The van der Waals surface area contributed by atoms with Crippen LogP contribution in [0.25, 0.3) is 0 Å². The van der Waals surface area contributed by atoms with E-state index in [2.05, 4.69) is 0 Å². The highest BCUT2D eigenvalue weighted by Gasteiger charge is 2.23. The van der Waals surface area contributed by atoms with Gasteiger partial charge in [0, 0.05) is 12.7 Å². The third-order valence-electron chi connectivity index (χ3n) is 2.75. The number of fused-ring (bicyclic) bond motifs is 1. The van der Waals surface area contributed by atoms with Crippen molar-refractivity contribution in [2.24, 2.45) is 5.73 Å². The highest BCUT2D eigenvalue weighted by Crippen LogP contribution is 2.30. The van der Waals surface area contributed by atoms with Gasteiger partial charge in [0.1, 0.15) is 5.75 Å². The molecule has 16 heavy (non-hydrogen) atoms. The molecule has 2 rings (SSSR count). The fraction of sp³-hybridized carbons (Fsp3) is 0.417. The van der Waals surface area contributed by atoms with E-state index in [4.69, 9.17) is 10.5 Å². The lowest BCUT2D eigenvalue weighted by molar-refractivity contribution is -0.117. The van der Waals surface area contributed by atoms with Gasteiger partial charge >= 0.3 is 0 Å². The molecule has 1 aliphatic heterocycles. The Labute approximate surface area is 95.0 Å². The van der Waals surface area contributed by atoms with Crippen LogP contribution in [0.4, 0.5) is 5.69 Å². The molecule has 0 aromatic heterocycles. The van der Waals surface area contributed by atoms with Crippen molar-refractivity contribution < 1.29 is 9.53 Å². The van der Waals surface area contributed by atoms with E-state index in [-0.39, 0.29) is 5.91 Å². The molecule has 4 heteroatoms. The molecular formula is C12H16N2O2. The Morgan fingerprint density at radius 1 is 1.50 bits per heavy atom. The standard InChI is InChI=1S/C12H16N2O2/c1-14-11-4-3-10(16-6-2-5-13)7-9(11)8-12(14)15/h3-4,7H,2,5-6,8,13H2,1H3. The second-order valence-electron chi connectivity index (χ2n) is 3.91. The number of nitrogens with two attached hydrogens (primary N) is 1. The number of benzene rings is 1. The van der Waals surface area contributed by atoms with Crippen molar-refractivity contribution in [3.05, 3.63) is 23.8 Å². The first kappa shape index (κ1) is 11.0. The average Bonchev–Trinajstić information content (AvgIpc) is 2.55. The minimum atomic E-state index is 0.133. The number of carbonyl (C=O) groups excluding carboxylic acids is 1. The quantitative estimate of drug-likeness (QED) is 0.768.